The number of nitrogens with one attached hydrogen (secondary N) is 2. The molecular weight excluding hydrogens is 410 g/mol. The van der Waals surface area contributed by atoms with E-state index in [0.717, 1.165) is 28.8 Å². The summed E-state index contributed by atoms with van der Waals surface area (Å²) >= 11 is 1.22. The van der Waals surface area contributed by atoms with Crippen LogP contribution in [0.3, 0.4) is 0 Å². The lowest BCUT2D eigenvalue weighted by Crippen LogP contribution is -2.18. The molecule has 0 radical (unpaired) electrons. The van der Waals surface area contributed by atoms with Crippen LogP contribution in [0.15, 0.2) is 58.5 Å². The summed E-state index contributed by atoms with van der Waals surface area (Å²) in [7, 11) is 0. The quantitative estimate of drug-likeness (QED) is 0.449. The number of para-hydroxylation sites is 1. The highest BCUT2D eigenvalue weighted by molar-refractivity contribution is 7.99. The summed E-state index contributed by atoms with van der Waals surface area (Å²) in [5.74, 6) is -0.00597. The minimum atomic E-state index is -0.326. The van der Waals surface area contributed by atoms with Gasteiger partial charge in [0.1, 0.15) is 5.52 Å². The Morgan fingerprint density at radius 1 is 1.13 bits per heavy atom. The number of carbonyl (C=O) groups is 1. The zero-order valence-corrected chi connectivity index (χ0v) is 18.4. The van der Waals surface area contributed by atoms with Gasteiger partial charge in [-0.1, -0.05) is 61.2 Å². The molecule has 0 bridgehead atoms. The second-order valence-corrected chi connectivity index (χ2v) is 8.26. The Morgan fingerprint density at radius 2 is 1.84 bits per heavy atom. The molecule has 0 aliphatic heterocycles. The van der Waals surface area contributed by atoms with Crippen molar-refractivity contribution < 1.29 is 4.79 Å². The van der Waals surface area contributed by atoms with E-state index < -0.39 is 0 Å². The first kappa shape index (κ1) is 20.9. The van der Waals surface area contributed by atoms with Crippen molar-refractivity contribution in [1.82, 2.24) is 19.8 Å². The van der Waals surface area contributed by atoms with Gasteiger partial charge in [0.2, 0.25) is 11.1 Å². The molecule has 0 saturated heterocycles. The van der Waals surface area contributed by atoms with Gasteiger partial charge in [-0.25, -0.2) is 9.61 Å². The summed E-state index contributed by atoms with van der Waals surface area (Å²) in [6, 6.07) is 15.7. The fourth-order valence-electron chi connectivity index (χ4n) is 3.35. The number of carbonyl (C=O) groups excluding carboxylic acids is 1. The van der Waals surface area contributed by atoms with E-state index in [2.05, 4.69) is 39.7 Å². The van der Waals surface area contributed by atoms with Gasteiger partial charge < -0.3 is 5.32 Å². The van der Waals surface area contributed by atoms with E-state index in [1.54, 1.807) is 6.07 Å². The maximum atomic E-state index is 12.5. The topological polar surface area (TPSA) is 92.1 Å². The Balaban J connectivity index is 1.56. The average molecular weight is 434 g/mol. The van der Waals surface area contributed by atoms with Crippen LogP contribution in [0, 0.1) is 13.8 Å². The van der Waals surface area contributed by atoms with Crippen LogP contribution in [0.1, 0.15) is 23.6 Å². The lowest BCUT2D eigenvalue weighted by Gasteiger charge is -2.11. The van der Waals surface area contributed by atoms with Gasteiger partial charge in [0.25, 0.3) is 5.56 Å². The third kappa shape index (κ3) is 4.39. The minimum Gasteiger partial charge on any atom is -0.325 e. The number of aromatic nitrogens is 4. The van der Waals surface area contributed by atoms with E-state index in [1.807, 2.05) is 44.2 Å². The molecule has 2 heterocycles. The van der Waals surface area contributed by atoms with E-state index in [4.69, 9.17) is 0 Å². The Kier molecular flexibility index (Phi) is 5.90. The van der Waals surface area contributed by atoms with Crippen molar-refractivity contribution in [1.29, 1.82) is 0 Å². The van der Waals surface area contributed by atoms with Gasteiger partial charge in [-0.05, 0) is 43.0 Å². The second-order valence-electron chi connectivity index (χ2n) is 7.32. The predicted octanol–water partition coefficient (Wildman–Crippen LogP) is 3.99. The number of hydrogen-bond acceptors (Lipinski definition) is 5. The molecule has 1 amide bonds. The molecule has 4 aromatic rings. The SMILES string of the molecule is CCc1ccc(-c2cc3c(=O)[nH]nc(SCC(=O)Nc4c(C)cccc4C)n3n2)cc1. The van der Waals surface area contributed by atoms with Gasteiger partial charge >= 0.3 is 0 Å². The molecule has 0 atom stereocenters. The Morgan fingerprint density at radius 3 is 2.52 bits per heavy atom. The van der Waals surface area contributed by atoms with E-state index in [1.165, 1.54) is 21.8 Å². The van der Waals surface area contributed by atoms with Gasteiger partial charge in [0.15, 0.2) is 0 Å². The van der Waals surface area contributed by atoms with Crippen LogP contribution in [-0.4, -0.2) is 31.5 Å². The predicted molar refractivity (Wildman–Crippen MR) is 124 cm³/mol. The average Bonchev–Trinajstić information content (AvgIpc) is 3.22. The van der Waals surface area contributed by atoms with Crippen LogP contribution in [0.2, 0.25) is 0 Å². The number of anilines is 1. The highest BCUT2D eigenvalue weighted by Crippen LogP contribution is 2.23. The summed E-state index contributed by atoms with van der Waals surface area (Å²) < 4.78 is 1.50. The van der Waals surface area contributed by atoms with E-state index in [-0.39, 0.29) is 17.2 Å². The summed E-state index contributed by atoms with van der Waals surface area (Å²) in [6.45, 7) is 6.02. The van der Waals surface area contributed by atoms with Gasteiger partial charge in [-0.15, -0.1) is 5.10 Å². The monoisotopic (exact) mass is 433 g/mol. The molecule has 0 aliphatic carbocycles. The van der Waals surface area contributed by atoms with Crippen LogP contribution in [0.5, 0.6) is 0 Å². The van der Waals surface area contributed by atoms with Crippen molar-refractivity contribution in [2.75, 3.05) is 11.1 Å². The fraction of sp³-hybridized carbons (Fsp3) is 0.217. The number of nitrogens with zero attached hydrogens (tertiary/aromatic N) is 3. The molecule has 0 spiro atoms. The van der Waals surface area contributed by atoms with Crippen molar-refractivity contribution >= 4 is 28.9 Å². The number of thioether (sulfide) groups is 1. The first-order valence-corrected chi connectivity index (χ1v) is 11.0. The summed E-state index contributed by atoms with van der Waals surface area (Å²) in [4.78, 5) is 24.8. The second kappa shape index (κ2) is 8.77. The van der Waals surface area contributed by atoms with Crippen molar-refractivity contribution in [3.05, 3.63) is 75.6 Å². The highest BCUT2D eigenvalue weighted by atomic mass is 32.2. The Labute approximate surface area is 183 Å². The standard InChI is InChI=1S/C23H23N5O2S/c1-4-16-8-10-17(11-9-16)18-12-19-22(30)25-26-23(28(19)27-18)31-13-20(29)24-21-14(2)6-5-7-15(21)3/h5-12H,4,13H2,1-3H3,(H,24,29)(H,25,30). The lowest BCUT2D eigenvalue weighted by molar-refractivity contribution is -0.113. The third-order valence-electron chi connectivity index (χ3n) is 5.11. The number of hydrogen-bond donors (Lipinski definition) is 2. The van der Waals surface area contributed by atoms with Gasteiger partial charge in [-0.3, -0.25) is 9.59 Å². The smallest absolute Gasteiger partial charge is 0.290 e. The Bertz CT molecular complexity index is 1290. The lowest BCUT2D eigenvalue weighted by atomic mass is 10.1. The van der Waals surface area contributed by atoms with Gasteiger partial charge in [0, 0.05) is 11.3 Å². The highest BCUT2D eigenvalue weighted by Gasteiger charge is 2.14. The first-order valence-electron chi connectivity index (χ1n) is 10.0. The zero-order valence-electron chi connectivity index (χ0n) is 17.6. The molecule has 7 nitrogen and oxygen atoms in total. The van der Waals surface area contributed by atoms with Crippen LogP contribution in [0.25, 0.3) is 16.8 Å². The zero-order chi connectivity index (χ0) is 22.0. The minimum absolute atomic E-state index is 0.141. The van der Waals surface area contributed by atoms with E-state index in [9.17, 15) is 9.59 Å². The van der Waals surface area contributed by atoms with Gasteiger partial charge in [0.05, 0.1) is 11.4 Å². The molecule has 0 saturated carbocycles. The molecule has 0 unspecified atom stereocenters. The fourth-order valence-corrected chi connectivity index (χ4v) is 4.06. The number of benzene rings is 2. The van der Waals surface area contributed by atoms with E-state index in [0.29, 0.717) is 16.4 Å². The number of aromatic amines is 1. The number of aryl methyl sites for hydroxylation is 3. The molecule has 0 aliphatic rings. The molecular formula is C23H23N5O2S. The maximum Gasteiger partial charge on any atom is 0.290 e. The van der Waals surface area contributed by atoms with Gasteiger partial charge in [-0.2, -0.15) is 5.10 Å². The normalized spacial score (nSPS) is 11.1. The Hall–Kier alpha value is -3.39. The number of H-pyrrole nitrogens is 1. The molecule has 2 aromatic carbocycles. The van der Waals surface area contributed by atoms with Crippen LogP contribution >= 0.6 is 11.8 Å². The summed E-state index contributed by atoms with van der Waals surface area (Å²) in [5, 5.41) is 14.6. The van der Waals surface area contributed by atoms with Crippen molar-refractivity contribution in [2.24, 2.45) is 0 Å². The van der Waals surface area contributed by atoms with Crippen molar-refractivity contribution in [3.63, 3.8) is 0 Å². The molecule has 31 heavy (non-hydrogen) atoms. The third-order valence-corrected chi connectivity index (χ3v) is 6.04. The summed E-state index contributed by atoms with van der Waals surface area (Å²) in [5.41, 5.74) is 5.74. The number of amides is 1. The molecule has 4 rings (SSSR count). The van der Waals surface area contributed by atoms with Crippen LogP contribution in [-0.2, 0) is 11.2 Å². The largest absolute Gasteiger partial charge is 0.325 e. The molecule has 2 aromatic heterocycles. The van der Waals surface area contributed by atoms with Crippen LogP contribution in [0.4, 0.5) is 5.69 Å². The molecule has 0 fully saturated rings. The molecule has 8 heteroatoms. The number of rotatable bonds is 6. The first-order chi connectivity index (χ1) is 15.0. The molecule has 2 N–H and O–H groups in total. The van der Waals surface area contributed by atoms with Crippen molar-refractivity contribution in [2.45, 2.75) is 32.3 Å². The maximum absolute atomic E-state index is 12.5. The molecule has 158 valence electrons. The van der Waals surface area contributed by atoms with Crippen molar-refractivity contribution in [3.8, 4) is 11.3 Å². The number of fused-ring (bicyclic) bond motifs is 1. The van der Waals surface area contributed by atoms with E-state index >= 15 is 0 Å². The summed E-state index contributed by atoms with van der Waals surface area (Å²) in [6.07, 6.45) is 0.958. The van der Waals surface area contributed by atoms with Crippen LogP contribution < -0.4 is 10.9 Å².